The summed E-state index contributed by atoms with van der Waals surface area (Å²) in [6.07, 6.45) is 1.59. The van der Waals surface area contributed by atoms with Crippen LogP contribution < -0.4 is 9.47 Å². The smallest absolute Gasteiger partial charge is 0.343 e. The quantitative estimate of drug-likeness (QED) is 0.169. The lowest BCUT2D eigenvalue weighted by atomic mass is 10.1. The van der Waals surface area contributed by atoms with E-state index < -0.39 is 17.1 Å². The molecule has 1 aliphatic rings. The molecule has 4 rings (SSSR count). The molecule has 0 saturated carbocycles. The first-order chi connectivity index (χ1) is 17.2. The van der Waals surface area contributed by atoms with Crippen LogP contribution in [0.4, 0.5) is 4.79 Å². The van der Waals surface area contributed by atoms with Crippen LogP contribution in [0, 0.1) is 0 Å². The molecule has 1 heterocycles. The van der Waals surface area contributed by atoms with E-state index in [2.05, 4.69) is 0 Å². The second-order valence-corrected chi connectivity index (χ2v) is 9.80. The Morgan fingerprint density at radius 2 is 1.69 bits per heavy atom. The Labute approximate surface area is 226 Å². The van der Waals surface area contributed by atoms with Crippen LogP contribution in [0.15, 0.2) is 65.6 Å². The van der Waals surface area contributed by atoms with E-state index in [1.165, 1.54) is 0 Å². The van der Waals surface area contributed by atoms with Crippen molar-refractivity contribution in [1.29, 1.82) is 0 Å². The van der Waals surface area contributed by atoms with Crippen LogP contribution in [0.1, 0.15) is 28.4 Å². The maximum Gasteiger partial charge on any atom is 0.343 e. The van der Waals surface area contributed by atoms with Crippen LogP contribution in [0.3, 0.4) is 0 Å². The topological polar surface area (TPSA) is 72.9 Å². The second-order valence-electron chi connectivity index (χ2n) is 7.55. The van der Waals surface area contributed by atoms with E-state index in [9.17, 15) is 14.4 Å². The number of halogens is 3. The zero-order valence-corrected chi connectivity index (χ0v) is 21.9. The average molecular weight is 563 g/mol. The predicted octanol–water partition coefficient (Wildman–Crippen LogP) is 7.50. The van der Waals surface area contributed by atoms with Gasteiger partial charge in [0.15, 0.2) is 11.5 Å². The Morgan fingerprint density at radius 3 is 2.39 bits per heavy atom. The lowest BCUT2D eigenvalue weighted by molar-refractivity contribution is -0.123. The fourth-order valence-corrected chi connectivity index (χ4v) is 4.61. The Balaban J connectivity index is 1.53. The minimum atomic E-state index is -0.566. The highest BCUT2D eigenvalue weighted by molar-refractivity contribution is 8.18. The minimum Gasteiger partial charge on any atom is -0.490 e. The number of hydrogen-bond acceptors (Lipinski definition) is 6. The van der Waals surface area contributed by atoms with Crippen molar-refractivity contribution in [1.82, 2.24) is 4.90 Å². The zero-order chi connectivity index (χ0) is 25.8. The maximum absolute atomic E-state index is 12.9. The highest BCUT2D eigenvalue weighted by Gasteiger charge is 2.35. The van der Waals surface area contributed by atoms with E-state index in [1.54, 1.807) is 73.7 Å². The number of hydrogen-bond donors (Lipinski definition) is 0. The van der Waals surface area contributed by atoms with Crippen molar-refractivity contribution in [2.24, 2.45) is 0 Å². The lowest BCUT2D eigenvalue weighted by Crippen LogP contribution is -2.27. The lowest BCUT2D eigenvalue weighted by Gasteiger charge is -2.13. The molecule has 1 saturated heterocycles. The molecule has 0 bridgehead atoms. The number of amides is 2. The molecular weight excluding hydrogens is 545 g/mol. The van der Waals surface area contributed by atoms with Crippen molar-refractivity contribution in [3.63, 3.8) is 0 Å². The van der Waals surface area contributed by atoms with Gasteiger partial charge in [-0.3, -0.25) is 14.5 Å². The number of ether oxygens (including phenoxy) is 2. The molecule has 184 valence electrons. The van der Waals surface area contributed by atoms with Gasteiger partial charge in [-0.05, 0) is 84.4 Å². The summed E-state index contributed by atoms with van der Waals surface area (Å²) in [4.78, 5) is 39.4. The molecular formula is C26H18Cl3NO5S. The largest absolute Gasteiger partial charge is 0.490 e. The SMILES string of the molecule is CCOc1cc(/C=C2\SC(=O)N(Cc3ccc(Cl)c(Cl)c3)C2=O)ccc1OC(=O)c1ccc(Cl)cc1. The van der Waals surface area contributed by atoms with E-state index in [0.29, 0.717) is 44.1 Å². The van der Waals surface area contributed by atoms with Crippen LogP contribution in [0.2, 0.25) is 15.1 Å². The van der Waals surface area contributed by atoms with E-state index in [1.807, 2.05) is 0 Å². The molecule has 0 aliphatic carbocycles. The third-order valence-corrected chi connectivity index (χ3v) is 6.94. The van der Waals surface area contributed by atoms with Crippen molar-refractivity contribution < 1.29 is 23.9 Å². The van der Waals surface area contributed by atoms with E-state index >= 15 is 0 Å². The van der Waals surface area contributed by atoms with Gasteiger partial charge in [0, 0.05) is 5.02 Å². The first-order valence-corrected chi connectivity index (χ1v) is 12.6. The Morgan fingerprint density at radius 1 is 0.944 bits per heavy atom. The summed E-state index contributed by atoms with van der Waals surface area (Å²) < 4.78 is 11.2. The molecule has 3 aromatic carbocycles. The monoisotopic (exact) mass is 561 g/mol. The van der Waals surface area contributed by atoms with E-state index in [0.717, 1.165) is 16.7 Å². The van der Waals surface area contributed by atoms with Gasteiger partial charge in [-0.25, -0.2) is 4.79 Å². The first-order valence-electron chi connectivity index (χ1n) is 10.7. The third kappa shape index (κ3) is 6.05. The van der Waals surface area contributed by atoms with Crippen LogP contribution in [-0.2, 0) is 11.3 Å². The summed E-state index contributed by atoms with van der Waals surface area (Å²) in [5.74, 6) is -0.443. The molecule has 6 nitrogen and oxygen atoms in total. The van der Waals surface area contributed by atoms with E-state index in [4.69, 9.17) is 44.3 Å². The van der Waals surface area contributed by atoms with Crippen LogP contribution in [0.5, 0.6) is 11.5 Å². The average Bonchev–Trinajstić information content (AvgIpc) is 3.10. The third-order valence-electron chi connectivity index (χ3n) is 5.05. The van der Waals surface area contributed by atoms with Gasteiger partial charge < -0.3 is 9.47 Å². The normalized spacial score (nSPS) is 14.4. The maximum atomic E-state index is 12.9. The number of nitrogens with zero attached hydrogens (tertiary/aromatic N) is 1. The first kappa shape index (κ1) is 26.1. The standard InChI is InChI=1S/C26H18Cl3NO5S/c1-2-34-22-12-15(4-10-21(22)35-25(32)17-5-7-18(27)8-6-17)13-23-24(31)30(26(33)36-23)14-16-3-9-19(28)20(29)11-16/h3-13H,2,14H2,1H3/b23-13-. The summed E-state index contributed by atoms with van der Waals surface area (Å²) in [6.45, 7) is 2.20. The number of carbonyl (C=O) groups excluding carboxylic acids is 3. The molecule has 0 radical (unpaired) electrons. The van der Waals surface area contributed by atoms with Gasteiger partial charge in [0.25, 0.3) is 11.1 Å². The summed E-state index contributed by atoms with van der Waals surface area (Å²) >= 11 is 18.7. The Bertz CT molecular complexity index is 1370. The van der Waals surface area contributed by atoms with Gasteiger partial charge in [0.2, 0.25) is 0 Å². The van der Waals surface area contributed by atoms with Crippen LogP contribution in [-0.4, -0.2) is 28.6 Å². The van der Waals surface area contributed by atoms with Crippen molar-refractivity contribution >= 4 is 69.8 Å². The fraction of sp³-hybridized carbons (Fsp3) is 0.115. The number of rotatable bonds is 7. The molecule has 3 aromatic rings. The number of thioether (sulfide) groups is 1. The summed E-state index contributed by atoms with van der Waals surface area (Å²) in [7, 11) is 0. The van der Waals surface area contributed by atoms with Gasteiger partial charge in [-0.2, -0.15) is 0 Å². The number of esters is 1. The number of carbonyl (C=O) groups is 3. The summed E-state index contributed by atoms with van der Waals surface area (Å²) in [5.41, 5.74) is 1.62. The number of imide groups is 1. The highest BCUT2D eigenvalue weighted by Crippen LogP contribution is 2.36. The van der Waals surface area contributed by atoms with Crippen LogP contribution in [0.25, 0.3) is 6.08 Å². The van der Waals surface area contributed by atoms with Gasteiger partial charge >= 0.3 is 5.97 Å². The molecule has 0 atom stereocenters. The van der Waals surface area contributed by atoms with Gasteiger partial charge in [-0.1, -0.05) is 46.9 Å². The Hall–Kier alpha value is -2.97. The predicted molar refractivity (Wildman–Crippen MR) is 142 cm³/mol. The second kappa shape index (κ2) is 11.4. The van der Waals surface area contributed by atoms with Gasteiger partial charge in [-0.15, -0.1) is 0 Å². The van der Waals surface area contributed by atoms with Gasteiger partial charge in [0.1, 0.15) is 0 Å². The molecule has 2 amide bonds. The molecule has 10 heteroatoms. The minimum absolute atomic E-state index is 0.0721. The van der Waals surface area contributed by atoms with E-state index in [-0.39, 0.29) is 17.2 Å². The van der Waals surface area contributed by atoms with Crippen molar-refractivity contribution in [2.75, 3.05) is 6.61 Å². The molecule has 1 fully saturated rings. The molecule has 0 unspecified atom stereocenters. The van der Waals surface area contributed by atoms with Crippen molar-refractivity contribution in [3.05, 3.63) is 97.3 Å². The fourth-order valence-electron chi connectivity index (χ4n) is 3.32. The summed E-state index contributed by atoms with van der Waals surface area (Å²) in [6, 6.07) is 16.1. The van der Waals surface area contributed by atoms with Crippen molar-refractivity contribution in [3.8, 4) is 11.5 Å². The summed E-state index contributed by atoms with van der Waals surface area (Å²) in [5, 5.41) is 0.849. The zero-order valence-electron chi connectivity index (χ0n) is 18.8. The Kier molecular flexibility index (Phi) is 8.26. The van der Waals surface area contributed by atoms with Crippen LogP contribution >= 0.6 is 46.6 Å². The highest BCUT2D eigenvalue weighted by atomic mass is 35.5. The molecule has 36 heavy (non-hydrogen) atoms. The van der Waals surface area contributed by atoms with Crippen molar-refractivity contribution in [2.45, 2.75) is 13.5 Å². The molecule has 1 aliphatic heterocycles. The molecule has 0 N–H and O–H groups in total. The number of benzene rings is 3. The molecule has 0 spiro atoms. The molecule has 0 aromatic heterocycles. The van der Waals surface area contributed by atoms with Gasteiger partial charge in [0.05, 0.1) is 33.7 Å².